The number of anilines is 1. The number of hydrogen-bond acceptors (Lipinski definition) is 5. The molecule has 0 bridgehead atoms. The number of nitrogens with zero attached hydrogens (tertiary/aromatic N) is 4. The molecular weight excluding hydrogens is 486 g/mol. The molecule has 0 unspecified atom stereocenters. The van der Waals surface area contributed by atoms with Gasteiger partial charge in [0.05, 0.1) is 23.0 Å². The first-order valence-corrected chi connectivity index (χ1v) is 13.1. The first-order valence-electron chi connectivity index (χ1n) is 11.2. The van der Waals surface area contributed by atoms with Gasteiger partial charge in [-0.05, 0) is 68.0 Å². The minimum atomic E-state index is -4.00. The molecule has 182 valence electrons. The molecule has 1 amide bonds. The Morgan fingerprint density at radius 3 is 2.37 bits per heavy atom. The molecule has 0 radical (unpaired) electrons. The number of amides is 1. The van der Waals surface area contributed by atoms with Gasteiger partial charge in [-0.15, -0.1) is 0 Å². The van der Waals surface area contributed by atoms with Gasteiger partial charge in [-0.1, -0.05) is 29.8 Å². The Bertz CT molecular complexity index is 1420. The predicted molar refractivity (Wildman–Crippen MR) is 134 cm³/mol. The third-order valence-electron chi connectivity index (χ3n) is 6.39. The Kier molecular flexibility index (Phi) is 6.88. The van der Waals surface area contributed by atoms with Crippen LogP contribution in [0.5, 0.6) is 0 Å². The number of aryl methyl sites for hydroxylation is 3. The van der Waals surface area contributed by atoms with Crippen LogP contribution >= 0.6 is 11.6 Å². The van der Waals surface area contributed by atoms with Crippen molar-refractivity contribution in [1.29, 1.82) is 5.26 Å². The van der Waals surface area contributed by atoms with Crippen molar-refractivity contribution in [3.8, 4) is 6.07 Å². The number of rotatable bonds is 5. The Hall–Kier alpha value is -3.35. The van der Waals surface area contributed by atoms with Gasteiger partial charge in [0.2, 0.25) is 0 Å². The molecule has 35 heavy (non-hydrogen) atoms. The van der Waals surface area contributed by atoms with Crippen LogP contribution in [0.25, 0.3) is 0 Å². The van der Waals surface area contributed by atoms with Gasteiger partial charge in [0.1, 0.15) is 10.0 Å². The van der Waals surface area contributed by atoms with Crippen LogP contribution in [-0.2, 0) is 17.1 Å². The number of hydrogen-bond donors (Lipinski definition) is 1. The zero-order chi connectivity index (χ0) is 25.3. The van der Waals surface area contributed by atoms with Crippen molar-refractivity contribution in [3.63, 3.8) is 0 Å². The summed E-state index contributed by atoms with van der Waals surface area (Å²) in [7, 11) is -2.42. The molecule has 0 saturated carbocycles. The largest absolute Gasteiger partial charge is 0.339 e. The minimum absolute atomic E-state index is 0.0185. The topological polar surface area (TPSA) is 108 Å². The molecule has 1 fully saturated rings. The van der Waals surface area contributed by atoms with Gasteiger partial charge in [-0.3, -0.25) is 14.2 Å². The summed E-state index contributed by atoms with van der Waals surface area (Å²) in [5.41, 5.74) is 3.52. The van der Waals surface area contributed by atoms with Crippen molar-refractivity contribution in [2.24, 2.45) is 7.05 Å². The molecule has 2 heterocycles. The smallest absolute Gasteiger partial charge is 0.266 e. The predicted octanol–water partition coefficient (Wildman–Crippen LogP) is 4.38. The lowest BCUT2D eigenvalue weighted by Gasteiger charge is -2.32. The number of carbonyl (C=O) groups excluding carboxylic acids is 1. The van der Waals surface area contributed by atoms with E-state index in [2.05, 4.69) is 15.9 Å². The van der Waals surface area contributed by atoms with Crippen molar-refractivity contribution in [2.45, 2.75) is 37.5 Å². The molecule has 10 heteroatoms. The van der Waals surface area contributed by atoms with E-state index in [1.54, 1.807) is 44.0 Å². The molecule has 2 aromatic carbocycles. The van der Waals surface area contributed by atoms with E-state index in [9.17, 15) is 13.2 Å². The summed E-state index contributed by atoms with van der Waals surface area (Å²) < 4.78 is 30.0. The number of nitriles is 1. The van der Waals surface area contributed by atoms with Gasteiger partial charge >= 0.3 is 0 Å². The highest BCUT2D eigenvalue weighted by Gasteiger charge is 2.28. The van der Waals surface area contributed by atoms with Gasteiger partial charge in [0.25, 0.3) is 15.9 Å². The summed E-state index contributed by atoms with van der Waals surface area (Å²) in [6.45, 7) is 4.55. The quantitative estimate of drug-likeness (QED) is 0.546. The van der Waals surface area contributed by atoms with Crippen LogP contribution in [0.2, 0.25) is 5.15 Å². The molecule has 1 N–H and O–H groups in total. The number of nitrogens with one attached hydrogen (secondary N) is 1. The number of sulfonamides is 1. The highest BCUT2D eigenvalue weighted by Crippen LogP contribution is 2.31. The van der Waals surface area contributed by atoms with Crippen LogP contribution in [0.3, 0.4) is 0 Å². The van der Waals surface area contributed by atoms with Gasteiger partial charge in [0, 0.05) is 25.7 Å². The fraction of sp³-hybridized carbons (Fsp3) is 0.320. The highest BCUT2D eigenvalue weighted by atomic mass is 35.5. The van der Waals surface area contributed by atoms with Crippen molar-refractivity contribution in [2.75, 3.05) is 17.8 Å². The van der Waals surface area contributed by atoms with Crippen molar-refractivity contribution in [3.05, 3.63) is 75.6 Å². The summed E-state index contributed by atoms with van der Waals surface area (Å²) in [5.74, 6) is 0.193. The summed E-state index contributed by atoms with van der Waals surface area (Å²) in [6.07, 6.45) is 1.64. The molecule has 1 saturated heterocycles. The lowest BCUT2D eigenvalue weighted by Crippen LogP contribution is -2.38. The van der Waals surface area contributed by atoms with Gasteiger partial charge < -0.3 is 4.90 Å². The summed E-state index contributed by atoms with van der Waals surface area (Å²) in [6, 6.07) is 14.7. The third-order valence-corrected chi connectivity index (χ3v) is 8.45. The van der Waals surface area contributed by atoms with E-state index in [1.165, 1.54) is 10.2 Å². The van der Waals surface area contributed by atoms with Gasteiger partial charge in [0.15, 0.2) is 0 Å². The number of carbonyl (C=O) groups is 1. The van der Waals surface area contributed by atoms with Crippen LogP contribution in [0.4, 0.5) is 5.69 Å². The molecular formula is C25H26ClN5O3S. The first kappa shape index (κ1) is 24.8. The standard InChI is InChI=1S/C25H26ClN5O3S/c1-16-4-7-21(14-22(16)29-35(33,34)23-17(2)28-30(3)24(23)26)25(32)31-12-10-20(11-13-31)19-8-5-18(15-27)6-9-19/h4-9,14,20,29H,10-13H2,1-3H3. The molecule has 4 rings (SSSR count). The Labute approximate surface area is 210 Å². The maximum absolute atomic E-state index is 13.2. The zero-order valence-electron chi connectivity index (χ0n) is 19.7. The minimum Gasteiger partial charge on any atom is -0.339 e. The number of aromatic nitrogens is 2. The van der Waals surface area contributed by atoms with E-state index in [-0.39, 0.29) is 16.0 Å². The lowest BCUT2D eigenvalue weighted by atomic mass is 9.89. The normalized spacial score (nSPS) is 14.5. The molecule has 3 aromatic rings. The molecule has 1 aliphatic heterocycles. The lowest BCUT2D eigenvalue weighted by molar-refractivity contribution is 0.0713. The molecule has 0 atom stereocenters. The Morgan fingerprint density at radius 2 is 1.80 bits per heavy atom. The summed E-state index contributed by atoms with van der Waals surface area (Å²) >= 11 is 6.17. The van der Waals surface area contributed by atoms with Crippen LogP contribution in [0.15, 0.2) is 47.4 Å². The molecule has 0 spiro atoms. The highest BCUT2D eigenvalue weighted by molar-refractivity contribution is 7.92. The van der Waals surface area contributed by atoms with Crippen LogP contribution < -0.4 is 4.72 Å². The molecule has 1 aromatic heterocycles. The van der Waals surface area contributed by atoms with Crippen LogP contribution in [0.1, 0.15) is 51.5 Å². The third kappa shape index (κ3) is 5.04. The first-order chi connectivity index (χ1) is 16.6. The zero-order valence-corrected chi connectivity index (χ0v) is 21.3. The average molecular weight is 512 g/mol. The van der Waals surface area contributed by atoms with Crippen molar-refractivity contribution < 1.29 is 13.2 Å². The SMILES string of the molecule is Cc1ccc(C(=O)N2CCC(c3ccc(C#N)cc3)CC2)cc1NS(=O)(=O)c1c(C)nn(C)c1Cl. The number of likely N-dealkylation sites (tertiary alicyclic amines) is 1. The van der Waals surface area contributed by atoms with E-state index in [0.29, 0.717) is 47.1 Å². The van der Waals surface area contributed by atoms with E-state index >= 15 is 0 Å². The van der Waals surface area contributed by atoms with Gasteiger partial charge in [-0.2, -0.15) is 10.4 Å². The number of piperidine rings is 1. The molecule has 1 aliphatic rings. The number of benzene rings is 2. The summed E-state index contributed by atoms with van der Waals surface area (Å²) in [5, 5.41) is 13.1. The fourth-order valence-corrected chi connectivity index (χ4v) is 6.28. The van der Waals surface area contributed by atoms with Crippen molar-refractivity contribution in [1.82, 2.24) is 14.7 Å². The second-order valence-corrected chi connectivity index (χ2v) is 10.7. The van der Waals surface area contributed by atoms with Crippen LogP contribution in [-0.4, -0.2) is 42.1 Å². The Morgan fingerprint density at radius 1 is 1.14 bits per heavy atom. The maximum Gasteiger partial charge on any atom is 0.266 e. The van der Waals surface area contributed by atoms with Crippen LogP contribution in [0, 0.1) is 25.2 Å². The van der Waals surface area contributed by atoms with E-state index in [0.717, 1.165) is 12.8 Å². The summed E-state index contributed by atoms with van der Waals surface area (Å²) in [4.78, 5) is 14.9. The average Bonchev–Trinajstić information content (AvgIpc) is 3.11. The van der Waals surface area contributed by atoms with E-state index in [1.807, 2.05) is 24.3 Å². The van der Waals surface area contributed by atoms with E-state index in [4.69, 9.17) is 16.9 Å². The van der Waals surface area contributed by atoms with Crippen molar-refractivity contribution >= 4 is 33.2 Å². The molecule has 8 nitrogen and oxygen atoms in total. The molecule has 0 aliphatic carbocycles. The number of halogens is 1. The fourth-order valence-electron chi connectivity index (χ4n) is 4.40. The van der Waals surface area contributed by atoms with Gasteiger partial charge in [-0.25, -0.2) is 8.42 Å². The Balaban J connectivity index is 1.48. The monoisotopic (exact) mass is 511 g/mol. The second kappa shape index (κ2) is 9.72. The van der Waals surface area contributed by atoms with E-state index < -0.39 is 10.0 Å². The second-order valence-electron chi connectivity index (χ2n) is 8.76. The maximum atomic E-state index is 13.2.